The van der Waals surface area contributed by atoms with E-state index in [1.807, 2.05) is 34.6 Å². The standard InChI is InChI=1S/C17H36B2N4O3/c1-7-16(5,15(3,4)23-13(19)14(21)26)10(24)9-22-17(6,8-2)11(25)12(18)20/h12-13,22-23H,7-9,18-20H2,1-6H3,(H2,21,26). The number of rotatable bonds is 12. The van der Waals surface area contributed by atoms with Crippen molar-refractivity contribution < 1.29 is 14.4 Å². The van der Waals surface area contributed by atoms with Crippen molar-refractivity contribution in [2.75, 3.05) is 6.54 Å². The van der Waals surface area contributed by atoms with Crippen LogP contribution < -0.4 is 22.1 Å². The fraction of sp³-hybridized carbons (Fsp3) is 0.824. The number of hydrogen-bond acceptors (Lipinski definition) is 6. The molecule has 0 aliphatic rings. The van der Waals surface area contributed by atoms with E-state index in [1.165, 1.54) is 0 Å². The minimum Gasteiger partial charge on any atom is -0.369 e. The zero-order valence-corrected chi connectivity index (χ0v) is 17.7. The van der Waals surface area contributed by atoms with Gasteiger partial charge in [0.05, 0.1) is 18.0 Å². The molecule has 0 heterocycles. The molecule has 0 rings (SSSR count). The molecule has 0 saturated carbocycles. The van der Waals surface area contributed by atoms with Gasteiger partial charge in [-0.3, -0.25) is 19.7 Å². The Kier molecular flexibility index (Phi) is 8.73. The zero-order chi connectivity index (χ0) is 20.9. The molecule has 0 radical (unpaired) electrons. The van der Waals surface area contributed by atoms with Crippen molar-refractivity contribution in [1.82, 2.24) is 10.6 Å². The van der Waals surface area contributed by atoms with Gasteiger partial charge in [-0.05, 0) is 33.6 Å². The third-order valence-corrected chi connectivity index (χ3v) is 6.01. The van der Waals surface area contributed by atoms with Crippen molar-refractivity contribution in [2.24, 2.45) is 16.9 Å². The summed E-state index contributed by atoms with van der Waals surface area (Å²) >= 11 is 0. The molecule has 0 saturated heterocycles. The minimum atomic E-state index is -0.851. The molecule has 0 aliphatic heterocycles. The molecule has 4 atom stereocenters. The number of carbonyl (C=O) groups excluding carboxylic acids is 3. The Morgan fingerprint density at radius 2 is 1.54 bits per heavy atom. The number of ketones is 2. The van der Waals surface area contributed by atoms with Gasteiger partial charge in [0.15, 0.2) is 11.6 Å². The minimum absolute atomic E-state index is 0.0358. The lowest BCUT2D eigenvalue weighted by Crippen LogP contribution is -2.64. The zero-order valence-electron chi connectivity index (χ0n) is 17.7. The highest BCUT2D eigenvalue weighted by atomic mass is 16.1. The lowest BCUT2D eigenvalue weighted by molar-refractivity contribution is -0.133. The van der Waals surface area contributed by atoms with Crippen LogP contribution in [0.15, 0.2) is 0 Å². The average Bonchev–Trinajstić information content (AvgIpc) is 2.56. The van der Waals surface area contributed by atoms with Crippen LogP contribution >= 0.6 is 0 Å². The van der Waals surface area contributed by atoms with Gasteiger partial charge in [0.2, 0.25) is 5.91 Å². The van der Waals surface area contributed by atoms with Crippen LogP contribution in [0, 0.1) is 5.41 Å². The maximum absolute atomic E-state index is 13.1. The summed E-state index contributed by atoms with van der Waals surface area (Å²) in [7, 11) is 3.33. The summed E-state index contributed by atoms with van der Waals surface area (Å²) in [6.45, 7) is 11.3. The fourth-order valence-corrected chi connectivity index (χ4v) is 3.12. The monoisotopic (exact) mass is 366 g/mol. The van der Waals surface area contributed by atoms with Crippen LogP contribution in [0.5, 0.6) is 0 Å². The van der Waals surface area contributed by atoms with Crippen molar-refractivity contribution in [1.29, 1.82) is 0 Å². The van der Waals surface area contributed by atoms with E-state index in [-0.39, 0.29) is 18.1 Å². The Morgan fingerprint density at radius 1 is 1.04 bits per heavy atom. The van der Waals surface area contributed by atoms with Gasteiger partial charge in [0.25, 0.3) is 0 Å². The molecule has 0 aromatic heterocycles. The van der Waals surface area contributed by atoms with Crippen molar-refractivity contribution >= 4 is 33.2 Å². The molecular weight excluding hydrogens is 330 g/mol. The second-order valence-corrected chi connectivity index (χ2v) is 8.19. The lowest BCUT2D eigenvalue weighted by atomic mass is 9.66. The highest BCUT2D eigenvalue weighted by Crippen LogP contribution is 2.36. The van der Waals surface area contributed by atoms with E-state index in [0.717, 1.165) is 0 Å². The van der Waals surface area contributed by atoms with Gasteiger partial charge in [-0.1, -0.05) is 20.8 Å². The van der Waals surface area contributed by atoms with E-state index in [1.54, 1.807) is 22.6 Å². The first-order valence-electron chi connectivity index (χ1n) is 9.33. The number of amides is 1. The van der Waals surface area contributed by atoms with Crippen molar-refractivity contribution in [3.8, 4) is 0 Å². The van der Waals surface area contributed by atoms with Crippen molar-refractivity contribution in [3.05, 3.63) is 0 Å². The summed E-state index contributed by atoms with van der Waals surface area (Å²) in [5.74, 6) is -1.79. The van der Waals surface area contributed by atoms with Gasteiger partial charge < -0.3 is 16.8 Å². The summed E-state index contributed by atoms with van der Waals surface area (Å²) in [4.78, 5) is 36.9. The van der Waals surface area contributed by atoms with Crippen LogP contribution in [-0.2, 0) is 14.4 Å². The molecule has 0 aromatic carbocycles. The molecule has 0 spiro atoms. The number of Topliss-reactive ketones (excluding diaryl/α,β-unsaturated/α-hetero) is 2. The molecule has 9 heteroatoms. The molecular formula is C17H36B2N4O3. The molecule has 0 bridgehead atoms. The van der Waals surface area contributed by atoms with E-state index in [0.29, 0.717) is 12.8 Å². The van der Waals surface area contributed by atoms with E-state index in [4.69, 9.17) is 11.5 Å². The first-order valence-corrected chi connectivity index (χ1v) is 9.33. The van der Waals surface area contributed by atoms with E-state index < -0.39 is 34.3 Å². The molecule has 148 valence electrons. The Balaban J connectivity index is 5.40. The molecule has 0 aliphatic carbocycles. The fourth-order valence-electron chi connectivity index (χ4n) is 3.12. The number of primary amides is 1. The van der Waals surface area contributed by atoms with Crippen LogP contribution in [0.3, 0.4) is 0 Å². The van der Waals surface area contributed by atoms with Crippen LogP contribution in [0.1, 0.15) is 54.4 Å². The highest BCUT2D eigenvalue weighted by Gasteiger charge is 2.46. The van der Waals surface area contributed by atoms with Crippen molar-refractivity contribution in [3.63, 3.8) is 0 Å². The SMILES string of the molecule is BC(N)C(=O)C(C)(CC)NCC(=O)C(C)(CC)C(C)(C)NC(B)C(N)=O. The molecule has 6 N–H and O–H groups in total. The van der Waals surface area contributed by atoms with E-state index in [9.17, 15) is 14.4 Å². The van der Waals surface area contributed by atoms with Crippen LogP contribution in [0.4, 0.5) is 0 Å². The first kappa shape index (κ1) is 24.8. The van der Waals surface area contributed by atoms with Crippen molar-refractivity contribution in [2.45, 2.75) is 77.3 Å². The molecule has 4 unspecified atom stereocenters. The van der Waals surface area contributed by atoms with Crippen LogP contribution in [0.2, 0.25) is 0 Å². The molecule has 0 fully saturated rings. The van der Waals surface area contributed by atoms with Gasteiger partial charge in [-0.2, -0.15) is 0 Å². The predicted molar refractivity (Wildman–Crippen MR) is 110 cm³/mol. The maximum Gasteiger partial charge on any atom is 0.225 e. The normalized spacial score (nSPS) is 19.0. The average molecular weight is 366 g/mol. The topological polar surface area (TPSA) is 127 Å². The summed E-state index contributed by atoms with van der Waals surface area (Å²) in [5.41, 5.74) is 8.82. The van der Waals surface area contributed by atoms with E-state index >= 15 is 0 Å². The van der Waals surface area contributed by atoms with Gasteiger partial charge in [-0.25, -0.2) is 0 Å². The second-order valence-electron chi connectivity index (χ2n) is 8.19. The van der Waals surface area contributed by atoms with Gasteiger partial charge in [0, 0.05) is 16.9 Å². The summed E-state index contributed by atoms with van der Waals surface area (Å²) < 4.78 is 0. The summed E-state index contributed by atoms with van der Waals surface area (Å²) in [6.07, 6.45) is 1.10. The first-order chi connectivity index (χ1) is 11.7. The highest BCUT2D eigenvalue weighted by molar-refractivity contribution is 6.26. The Labute approximate surface area is 159 Å². The lowest BCUT2D eigenvalue weighted by Gasteiger charge is -2.45. The predicted octanol–water partition coefficient (Wildman–Crippen LogP) is -1.97. The summed E-state index contributed by atoms with van der Waals surface area (Å²) in [5, 5.41) is 6.29. The smallest absolute Gasteiger partial charge is 0.225 e. The summed E-state index contributed by atoms with van der Waals surface area (Å²) in [6, 6.07) is 0. The van der Waals surface area contributed by atoms with Crippen LogP contribution in [-0.4, -0.2) is 62.7 Å². The Bertz CT molecular complexity index is 542. The largest absolute Gasteiger partial charge is 0.369 e. The Hall–Kier alpha value is -1.18. The number of carbonyl (C=O) groups is 3. The third kappa shape index (κ3) is 5.41. The number of nitrogens with two attached hydrogens (primary N) is 2. The molecule has 1 amide bonds. The molecule has 7 nitrogen and oxygen atoms in total. The molecule has 0 aromatic rings. The maximum atomic E-state index is 13.1. The van der Waals surface area contributed by atoms with Gasteiger partial charge >= 0.3 is 0 Å². The van der Waals surface area contributed by atoms with E-state index in [2.05, 4.69) is 10.6 Å². The molecule has 26 heavy (non-hydrogen) atoms. The van der Waals surface area contributed by atoms with Gasteiger partial charge in [-0.15, -0.1) is 0 Å². The quantitative estimate of drug-likeness (QED) is 0.297. The number of hydrogen-bond donors (Lipinski definition) is 4. The number of nitrogens with one attached hydrogen (secondary N) is 2. The second kappa shape index (κ2) is 9.15. The third-order valence-electron chi connectivity index (χ3n) is 6.01. The van der Waals surface area contributed by atoms with Gasteiger partial charge in [0.1, 0.15) is 15.7 Å². The van der Waals surface area contributed by atoms with Crippen LogP contribution in [0.25, 0.3) is 0 Å². The Morgan fingerprint density at radius 3 is 1.88 bits per heavy atom.